The smallest absolute Gasteiger partial charge is 0.175 e. The second-order valence-corrected chi connectivity index (χ2v) is 4.20. The maximum Gasteiger partial charge on any atom is 0.175 e. The van der Waals surface area contributed by atoms with Crippen LogP contribution in [0.2, 0.25) is 5.02 Å². The number of hydrogen-bond donors (Lipinski definition) is 1. The highest BCUT2D eigenvalue weighted by atomic mass is 79.9. The fraction of sp³-hybridized carbons (Fsp3) is 0.0909. The van der Waals surface area contributed by atoms with E-state index in [4.69, 9.17) is 16.0 Å². The van der Waals surface area contributed by atoms with E-state index in [1.54, 1.807) is 18.2 Å². The first-order chi connectivity index (χ1) is 7.20. The lowest BCUT2D eigenvalue weighted by atomic mass is 10.0. The van der Waals surface area contributed by atoms with Gasteiger partial charge in [-0.05, 0) is 28.1 Å². The number of rotatable bonds is 2. The van der Waals surface area contributed by atoms with Crippen molar-refractivity contribution in [1.29, 1.82) is 0 Å². The summed E-state index contributed by atoms with van der Waals surface area (Å²) in [6, 6.07) is 8.89. The zero-order chi connectivity index (χ0) is 10.8. The minimum absolute atomic E-state index is 0.523. The topological polar surface area (TPSA) is 33.4 Å². The average Bonchev–Trinajstić information content (AvgIpc) is 2.64. The molecule has 0 aliphatic carbocycles. The third kappa shape index (κ3) is 2.09. The Morgan fingerprint density at radius 1 is 1.20 bits per heavy atom. The van der Waals surface area contributed by atoms with E-state index in [9.17, 15) is 5.11 Å². The third-order valence-corrected chi connectivity index (χ3v) is 3.13. The van der Waals surface area contributed by atoms with Crippen molar-refractivity contribution in [3.05, 3.63) is 57.4 Å². The summed E-state index contributed by atoms with van der Waals surface area (Å²) < 4.78 is 5.58. The Kier molecular flexibility index (Phi) is 3.14. The van der Waals surface area contributed by atoms with Crippen LogP contribution in [0.25, 0.3) is 0 Å². The predicted molar refractivity (Wildman–Crippen MR) is 61.9 cm³/mol. The lowest BCUT2D eigenvalue weighted by Gasteiger charge is -2.10. The van der Waals surface area contributed by atoms with Crippen molar-refractivity contribution in [2.24, 2.45) is 0 Å². The quantitative estimate of drug-likeness (QED) is 0.912. The van der Waals surface area contributed by atoms with Gasteiger partial charge < -0.3 is 9.52 Å². The molecule has 1 unspecified atom stereocenters. The van der Waals surface area contributed by atoms with Crippen LogP contribution >= 0.6 is 27.5 Å². The fourth-order valence-electron chi connectivity index (χ4n) is 1.36. The van der Waals surface area contributed by atoms with E-state index in [-0.39, 0.29) is 0 Å². The molecule has 0 fully saturated rings. The number of aliphatic hydroxyl groups is 1. The summed E-state index contributed by atoms with van der Waals surface area (Å²) in [6.07, 6.45) is 0.742. The van der Waals surface area contributed by atoms with Crippen molar-refractivity contribution in [2.45, 2.75) is 6.10 Å². The molecule has 0 aliphatic heterocycles. The fourth-order valence-corrected chi connectivity index (χ4v) is 2.06. The molecule has 2 nitrogen and oxygen atoms in total. The van der Waals surface area contributed by atoms with Gasteiger partial charge in [0, 0.05) is 16.1 Å². The van der Waals surface area contributed by atoms with Gasteiger partial charge in [0.2, 0.25) is 0 Å². The average molecular weight is 288 g/mol. The van der Waals surface area contributed by atoms with E-state index < -0.39 is 6.10 Å². The first-order valence-electron chi connectivity index (χ1n) is 4.35. The monoisotopic (exact) mass is 286 g/mol. The van der Waals surface area contributed by atoms with Gasteiger partial charge in [0.25, 0.3) is 0 Å². The Morgan fingerprint density at radius 3 is 2.53 bits per heavy atom. The van der Waals surface area contributed by atoms with Crippen LogP contribution < -0.4 is 0 Å². The van der Waals surface area contributed by atoms with Crippen LogP contribution in [0.1, 0.15) is 17.2 Å². The predicted octanol–water partition coefficient (Wildman–Crippen LogP) is 3.78. The zero-order valence-corrected chi connectivity index (χ0v) is 9.99. The molecule has 1 aromatic heterocycles. The highest BCUT2D eigenvalue weighted by molar-refractivity contribution is 9.10. The summed E-state index contributed by atoms with van der Waals surface area (Å²) in [6.45, 7) is 0. The first-order valence-corrected chi connectivity index (χ1v) is 5.52. The second-order valence-electron chi connectivity index (χ2n) is 3.07. The van der Waals surface area contributed by atoms with Gasteiger partial charge in [-0.25, -0.2) is 0 Å². The third-order valence-electron chi connectivity index (χ3n) is 2.14. The molecule has 1 N–H and O–H groups in total. The van der Waals surface area contributed by atoms with Gasteiger partial charge in [-0.3, -0.25) is 0 Å². The Morgan fingerprint density at radius 2 is 1.93 bits per heavy atom. The van der Waals surface area contributed by atoms with Gasteiger partial charge in [0.1, 0.15) is 6.10 Å². The summed E-state index contributed by atoms with van der Waals surface area (Å²) in [5.41, 5.74) is 1.34. The second kappa shape index (κ2) is 4.39. The normalized spacial score (nSPS) is 12.7. The van der Waals surface area contributed by atoms with E-state index >= 15 is 0 Å². The number of furan rings is 1. The summed E-state index contributed by atoms with van der Waals surface area (Å²) in [4.78, 5) is 0. The number of halogens is 2. The molecule has 2 aromatic rings. The minimum Gasteiger partial charge on any atom is -0.457 e. The van der Waals surface area contributed by atoms with E-state index in [0.717, 1.165) is 0 Å². The number of aliphatic hydroxyl groups excluding tert-OH is 1. The maximum absolute atomic E-state index is 10.1. The SMILES string of the molecule is OC(c1ccccc1Cl)c1ccoc1Br. The van der Waals surface area contributed by atoms with E-state index in [0.29, 0.717) is 20.8 Å². The highest BCUT2D eigenvalue weighted by Crippen LogP contribution is 2.32. The Labute approximate surface area is 101 Å². The summed E-state index contributed by atoms with van der Waals surface area (Å²) in [5, 5.41) is 10.6. The van der Waals surface area contributed by atoms with Crippen molar-refractivity contribution in [1.82, 2.24) is 0 Å². The molecule has 0 spiro atoms. The Balaban J connectivity index is 2.41. The molecule has 1 atom stereocenters. The van der Waals surface area contributed by atoms with Gasteiger partial charge in [0.05, 0.1) is 6.26 Å². The number of benzene rings is 1. The zero-order valence-electron chi connectivity index (χ0n) is 7.65. The van der Waals surface area contributed by atoms with Crippen molar-refractivity contribution in [3.8, 4) is 0 Å². The molecule has 78 valence electrons. The summed E-state index contributed by atoms with van der Waals surface area (Å²) in [5.74, 6) is 0. The molecule has 1 heterocycles. The van der Waals surface area contributed by atoms with Gasteiger partial charge in [-0.2, -0.15) is 0 Å². The molecule has 0 saturated carbocycles. The molecule has 0 radical (unpaired) electrons. The van der Waals surface area contributed by atoms with Crippen molar-refractivity contribution in [2.75, 3.05) is 0 Å². The molecule has 0 bridgehead atoms. The maximum atomic E-state index is 10.1. The molecular weight excluding hydrogens is 279 g/mol. The molecule has 0 aliphatic rings. The van der Waals surface area contributed by atoms with Crippen LogP contribution in [0.3, 0.4) is 0 Å². The Hall–Kier alpha value is -0.770. The van der Waals surface area contributed by atoms with E-state index in [2.05, 4.69) is 15.9 Å². The van der Waals surface area contributed by atoms with Crippen LogP contribution in [0.5, 0.6) is 0 Å². The summed E-state index contributed by atoms with van der Waals surface area (Å²) >= 11 is 9.20. The lowest BCUT2D eigenvalue weighted by Crippen LogP contribution is -1.99. The van der Waals surface area contributed by atoms with Crippen LogP contribution in [0.4, 0.5) is 0 Å². The van der Waals surface area contributed by atoms with E-state index in [1.807, 2.05) is 12.1 Å². The van der Waals surface area contributed by atoms with Crippen LogP contribution in [0, 0.1) is 0 Å². The van der Waals surface area contributed by atoms with Gasteiger partial charge in [-0.1, -0.05) is 29.8 Å². The standard InChI is InChI=1S/C11H8BrClO2/c12-11-8(5-6-15-11)10(14)7-3-1-2-4-9(7)13/h1-6,10,14H. The number of hydrogen-bond acceptors (Lipinski definition) is 2. The van der Waals surface area contributed by atoms with E-state index in [1.165, 1.54) is 6.26 Å². The highest BCUT2D eigenvalue weighted by Gasteiger charge is 2.17. The van der Waals surface area contributed by atoms with Crippen LogP contribution in [0.15, 0.2) is 45.7 Å². The van der Waals surface area contributed by atoms with Crippen molar-refractivity contribution in [3.63, 3.8) is 0 Å². The van der Waals surface area contributed by atoms with Crippen LogP contribution in [-0.2, 0) is 0 Å². The van der Waals surface area contributed by atoms with Gasteiger partial charge in [0.15, 0.2) is 4.67 Å². The molecule has 0 amide bonds. The summed E-state index contributed by atoms with van der Waals surface area (Å²) in [7, 11) is 0. The largest absolute Gasteiger partial charge is 0.457 e. The molecule has 0 saturated heterocycles. The van der Waals surface area contributed by atoms with Crippen molar-refractivity contribution < 1.29 is 9.52 Å². The molecule has 15 heavy (non-hydrogen) atoms. The van der Waals surface area contributed by atoms with Crippen LogP contribution in [-0.4, -0.2) is 5.11 Å². The molecular formula is C11H8BrClO2. The molecule has 4 heteroatoms. The van der Waals surface area contributed by atoms with Gasteiger partial charge in [-0.15, -0.1) is 0 Å². The lowest BCUT2D eigenvalue weighted by molar-refractivity contribution is 0.218. The minimum atomic E-state index is -0.771. The molecule has 2 rings (SSSR count). The van der Waals surface area contributed by atoms with Gasteiger partial charge >= 0.3 is 0 Å². The first kappa shape index (κ1) is 10.7. The molecule has 1 aromatic carbocycles. The van der Waals surface area contributed by atoms with Crippen molar-refractivity contribution >= 4 is 27.5 Å². The Bertz CT molecular complexity index is 467.